The number of amides is 2. The number of carbonyl (C=O) groups is 2. The van der Waals surface area contributed by atoms with Crippen molar-refractivity contribution in [2.45, 2.75) is 13.2 Å². The van der Waals surface area contributed by atoms with E-state index >= 15 is 0 Å². The molecule has 2 amide bonds. The molecule has 3 aromatic carbocycles. The third kappa shape index (κ3) is 5.56. The van der Waals surface area contributed by atoms with Gasteiger partial charge in [0.05, 0.1) is 21.5 Å². The Morgan fingerprint density at radius 1 is 0.906 bits per heavy atom. The fourth-order valence-electron chi connectivity index (χ4n) is 3.02. The summed E-state index contributed by atoms with van der Waals surface area (Å²) in [6.07, 6.45) is 1.72. The van der Waals surface area contributed by atoms with Crippen molar-refractivity contribution < 1.29 is 14.3 Å². The number of rotatable bonds is 6. The highest BCUT2D eigenvalue weighted by atomic mass is 79.9. The lowest BCUT2D eigenvalue weighted by molar-refractivity contribution is -0.123. The zero-order chi connectivity index (χ0) is 22.7. The molecule has 1 aliphatic rings. The van der Waals surface area contributed by atoms with E-state index in [9.17, 15) is 9.59 Å². The molecule has 1 aliphatic heterocycles. The van der Waals surface area contributed by atoms with Crippen LogP contribution in [0.1, 0.15) is 16.7 Å². The first kappa shape index (κ1) is 22.9. The van der Waals surface area contributed by atoms with Gasteiger partial charge in [0, 0.05) is 4.47 Å². The van der Waals surface area contributed by atoms with E-state index in [2.05, 4.69) is 15.9 Å². The molecule has 0 spiro atoms. The summed E-state index contributed by atoms with van der Waals surface area (Å²) in [5.41, 5.74) is 2.60. The van der Waals surface area contributed by atoms with Crippen molar-refractivity contribution in [2.75, 3.05) is 0 Å². The van der Waals surface area contributed by atoms with Crippen LogP contribution in [0, 0.1) is 0 Å². The molecule has 1 heterocycles. The average molecular weight is 549 g/mol. The maximum absolute atomic E-state index is 12.7. The van der Waals surface area contributed by atoms with Crippen molar-refractivity contribution in [3.63, 3.8) is 0 Å². The van der Waals surface area contributed by atoms with E-state index in [4.69, 9.17) is 27.9 Å². The Labute approximate surface area is 208 Å². The van der Waals surface area contributed by atoms with Crippen molar-refractivity contribution >= 4 is 68.1 Å². The summed E-state index contributed by atoms with van der Waals surface area (Å²) in [4.78, 5) is 26.7. The highest BCUT2D eigenvalue weighted by Gasteiger charge is 2.34. The molecule has 0 radical (unpaired) electrons. The van der Waals surface area contributed by atoms with Crippen molar-refractivity contribution in [3.8, 4) is 5.75 Å². The molecule has 0 unspecified atom stereocenters. The van der Waals surface area contributed by atoms with E-state index in [1.165, 1.54) is 4.90 Å². The van der Waals surface area contributed by atoms with E-state index in [1.54, 1.807) is 18.2 Å². The van der Waals surface area contributed by atoms with Crippen LogP contribution in [0.3, 0.4) is 0 Å². The van der Waals surface area contributed by atoms with Crippen molar-refractivity contribution in [1.82, 2.24) is 4.90 Å². The van der Waals surface area contributed by atoms with Gasteiger partial charge in [0.15, 0.2) is 0 Å². The Hall–Kier alpha value is -2.25. The van der Waals surface area contributed by atoms with Gasteiger partial charge in [-0.2, -0.15) is 0 Å². The zero-order valence-electron chi connectivity index (χ0n) is 16.6. The van der Waals surface area contributed by atoms with Crippen LogP contribution >= 0.6 is 50.9 Å². The Kier molecular flexibility index (Phi) is 7.26. The number of nitrogens with zero attached hydrogens (tertiary/aromatic N) is 1. The highest BCUT2D eigenvalue weighted by Crippen LogP contribution is 2.33. The van der Waals surface area contributed by atoms with Gasteiger partial charge in [0.25, 0.3) is 11.1 Å². The van der Waals surface area contributed by atoms with Gasteiger partial charge >= 0.3 is 0 Å². The maximum atomic E-state index is 12.7. The monoisotopic (exact) mass is 547 g/mol. The summed E-state index contributed by atoms with van der Waals surface area (Å²) in [6.45, 7) is 0.599. The number of halogens is 3. The topological polar surface area (TPSA) is 46.6 Å². The highest BCUT2D eigenvalue weighted by molar-refractivity contribution is 9.10. The van der Waals surface area contributed by atoms with E-state index in [1.807, 2.05) is 54.6 Å². The first-order valence-corrected chi connectivity index (χ1v) is 11.9. The van der Waals surface area contributed by atoms with Crippen molar-refractivity contribution in [2.24, 2.45) is 0 Å². The summed E-state index contributed by atoms with van der Waals surface area (Å²) < 4.78 is 6.73. The molecular weight excluding hydrogens is 533 g/mol. The quantitative estimate of drug-likeness (QED) is 0.298. The Bertz CT molecular complexity index is 1200. The largest absolute Gasteiger partial charge is 0.489 e. The molecule has 0 aliphatic carbocycles. The van der Waals surface area contributed by atoms with Crippen LogP contribution in [-0.4, -0.2) is 16.0 Å². The molecule has 32 heavy (non-hydrogen) atoms. The maximum Gasteiger partial charge on any atom is 0.293 e. The molecule has 4 nitrogen and oxygen atoms in total. The van der Waals surface area contributed by atoms with Gasteiger partial charge in [-0.1, -0.05) is 69.5 Å². The third-order valence-electron chi connectivity index (χ3n) is 4.69. The van der Waals surface area contributed by atoms with Crippen LogP contribution in [0.5, 0.6) is 5.75 Å². The summed E-state index contributed by atoms with van der Waals surface area (Å²) >= 11 is 16.3. The van der Waals surface area contributed by atoms with Gasteiger partial charge in [-0.3, -0.25) is 14.5 Å². The fraction of sp³-hybridized carbons (Fsp3) is 0.0833. The standard InChI is InChI=1S/C24H16BrCl2NO3S/c25-18-6-1-16(2-7-18)13-28-23(29)22(32-24(28)30)12-15-3-8-19(9-4-15)31-14-17-5-10-20(26)21(27)11-17/h1-12H,13-14H2/b22-12-. The molecule has 162 valence electrons. The minimum absolute atomic E-state index is 0.247. The number of carbonyl (C=O) groups excluding carboxylic acids is 2. The van der Waals surface area contributed by atoms with E-state index in [-0.39, 0.29) is 17.7 Å². The number of hydrogen-bond donors (Lipinski definition) is 0. The second-order valence-electron chi connectivity index (χ2n) is 7.00. The van der Waals surface area contributed by atoms with Crippen molar-refractivity contribution in [1.29, 1.82) is 0 Å². The molecule has 4 rings (SSSR count). The lowest BCUT2D eigenvalue weighted by Crippen LogP contribution is -2.27. The minimum Gasteiger partial charge on any atom is -0.489 e. The van der Waals surface area contributed by atoms with E-state index in [0.717, 1.165) is 32.9 Å². The molecule has 0 bridgehead atoms. The summed E-state index contributed by atoms with van der Waals surface area (Å²) in [5, 5.41) is 0.712. The molecule has 0 N–H and O–H groups in total. The summed E-state index contributed by atoms with van der Waals surface area (Å²) in [7, 11) is 0. The number of ether oxygens (including phenoxy) is 1. The molecule has 1 fully saturated rings. The molecule has 0 aromatic heterocycles. The van der Waals surface area contributed by atoms with Gasteiger partial charge in [-0.05, 0) is 70.9 Å². The predicted octanol–water partition coefficient (Wildman–Crippen LogP) is 7.57. The Morgan fingerprint density at radius 2 is 1.59 bits per heavy atom. The lowest BCUT2D eigenvalue weighted by atomic mass is 10.2. The normalized spacial score (nSPS) is 15.0. The second-order valence-corrected chi connectivity index (χ2v) is 9.72. The smallest absolute Gasteiger partial charge is 0.293 e. The number of hydrogen-bond acceptors (Lipinski definition) is 4. The number of benzene rings is 3. The molecule has 1 saturated heterocycles. The summed E-state index contributed by atoms with van der Waals surface area (Å²) in [5.74, 6) is 0.388. The molecule has 3 aromatic rings. The van der Waals surface area contributed by atoms with E-state index in [0.29, 0.717) is 27.3 Å². The van der Waals surface area contributed by atoms with Crippen LogP contribution in [0.15, 0.2) is 76.1 Å². The van der Waals surface area contributed by atoms with Crippen LogP contribution < -0.4 is 4.74 Å². The first-order valence-electron chi connectivity index (χ1n) is 9.55. The van der Waals surface area contributed by atoms with Crippen LogP contribution in [0.25, 0.3) is 6.08 Å². The fourth-order valence-corrected chi connectivity index (χ4v) is 4.44. The van der Waals surface area contributed by atoms with Gasteiger partial charge in [0.2, 0.25) is 0 Å². The molecule has 8 heteroatoms. The van der Waals surface area contributed by atoms with Gasteiger partial charge in [0.1, 0.15) is 12.4 Å². The van der Waals surface area contributed by atoms with Crippen LogP contribution in [-0.2, 0) is 17.9 Å². The average Bonchev–Trinajstić information content (AvgIpc) is 3.04. The number of thioether (sulfide) groups is 1. The first-order chi connectivity index (χ1) is 15.4. The Morgan fingerprint density at radius 3 is 2.28 bits per heavy atom. The van der Waals surface area contributed by atoms with Crippen LogP contribution in [0.4, 0.5) is 4.79 Å². The van der Waals surface area contributed by atoms with Crippen LogP contribution in [0.2, 0.25) is 10.0 Å². The SMILES string of the molecule is O=C1S/C(=C\c2ccc(OCc3ccc(Cl)c(Cl)c3)cc2)C(=O)N1Cc1ccc(Br)cc1. The zero-order valence-corrected chi connectivity index (χ0v) is 20.5. The minimum atomic E-state index is -0.289. The van der Waals surface area contributed by atoms with Crippen molar-refractivity contribution in [3.05, 3.63) is 103 Å². The third-order valence-corrected chi connectivity index (χ3v) is 6.87. The molecule has 0 saturated carbocycles. The van der Waals surface area contributed by atoms with Gasteiger partial charge in [-0.25, -0.2) is 0 Å². The van der Waals surface area contributed by atoms with Gasteiger partial charge < -0.3 is 4.74 Å². The molecular formula is C24H16BrCl2NO3S. The van der Waals surface area contributed by atoms with E-state index < -0.39 is 0 Å². The lowest BCUT2D eigenvalue weighted by Gasteiger charge is -2.12. The predicted molar refractivity (Wildman–Crippen MR) is 133 cm³/mol. The Balaban J connectivity index is 1.40. The van der Waals surface area contributed by atoms with Gasteiger partial charge in [-0.15, -0.1) is 0 Å². The molecule has 0 atom stereocenters. The summed E-state index contributed by atoms with van der Waals surface area (Å²) in [6, 6.07) is 20.2. The number of imide groups is 1. The second kappa shape index (κ2) is 10.1.